The van der Waals surface area contributed by atoms with Crippen molar-refractivity contribution < 1.29 is 27.5 Å². The molecule has 7 N–H and O–H groups in total. The van der Waals surface area contributed by atoms with Crippen LogP contribution in [0.5, 0.6) is 5.75 Å². The lowest BCUT2D eigenvalue weighted by Gasteiger charge is -2.24. The van der Waals surface area contributed by atoms with Gasteiger partial charge in [0.1, 0.15) is 11.6 Å². The summed E-state index contributed by atoms with van der Waals surface area (Å²) in [4.78, 5) is 16.5. The average molecular weight is 484 g/mol. The third kappa shape index (κ3) is 8.31. The van der Waals surface area contributed by atoms with Crippen molar-refractivity contribution in [1.29, 1.82) is 0 Å². The molecule has 0 spiro atoms. The summed E-state index contributed by atoms with van der Waals surface area (Å²) < 4.78 is 52.4. The third-order valence-electron chi connectivity index (χ3n) is 4.67. The van der Waals surface area contributed by atoms with Crippen molar-refractivity contribution in [3.05, 3.63) is 65.0 Å². The molecule has 1 amide bonds. The Kier molecular flexibility index (Phi) is 8.62. The zero-order chi connectivity index (χ0) is 25.7. The highest BCUT2D eigenvalue weighted by Crippen LogP contribution is 2.29. The maximum atomic E-state index is 14.1. The molecular formula is C23H29F4N5O2. The van der Waals surface area contributed by atoms with Gasteiger partial charge in [-0.3, -0.25) is 4.79 Å². The number of phenols is 1. The number of amides is 1. The van der Waals surface area contributed by atoms with E-state index in [9.17, 15) is 27.5 Å². The van der Waals surface area contributed by atoms with Crippen molar-refractivity contribution in [2.24, 2.45) is 21.9 Å². The molecule has 2 aromatic rings. The van der Waals surface area contributed by atoms with Crippen LogP contribution in [-0.4, -0.2) is 29.7 Å². The molecule has 7 nitrogen and oxygen atoms in total. The first-order valence-corrected chi connectivity index (χ1v) is 10.5. The summed E-state index contributed by atoms with van der Waals surface area (Å²) in [6, 6.07) is 6.46. The summed E-state index contributed by atoms with van der Waals surface area (Å²) in [6.45, 7) is 6.22. The van der Waals surface area contributed by atoms with Gasteiger partial charge in [0.15, 0.2) is 0 Å². The number of halogens is 4. The number of nitrogens with one attached hydrogen (secondary N) is 2. The van der Waals surface area contributed by atoms with Gasteiger partial charge in [0, 0.05) is 36.2 Å². The number of guanidine groups is 1. The molecule has 0 aromatic heterocycles. The van der Waals surface area contributed by atoms with Gasteiger partial charge in [0.25, 0.3) is 5.91 Å². The maximum Gasteiger partial charge on any atom is 0.416 e. The van der Waals surface area contributed by atoms with E-state index in [-0.39, 0.29) is 34.7 Å². The van der Waals surface area contributed by atoms with Crippen molar-refractivity contribution in [2.75, 3.05) is 6.54 Å². The zero-order valence-electron chi connectivity index (χ0n) is 19.1. The van der Waals surface area contributed by atoms with Gasteiger partial charge in [-0.25, -0.2) is 4.39 Å². The molecule has 0 aliphatic rings. The predicted molar refractivity (Wildman–Crippen MR) is 121 cm³/mol. The van der Waals surface area contributed by atoms with Crippen molar-refractivity contribution in [3.63, 3.8) is 0 Å². The maximum absolute atomic E-state index is 14.1. The fourth-order valence-corrected chi connectivity index (χ4v) is 2.89. The minimum absolute atomic E-state index is 0.00528. The smallest absolute Gasteiger partial charge is 0.416 e. The average Bonchev–Trinajstić information content (AvgIpc) is 2.70. The van der Waals surface area contributed by atoms with Crippen LogP contribution in [0, 0.1) is 11.2 Å². The number of carbonyl (C=O) groups excluding carboxylic acids is 1. The van der Waals surface area contributed by atoms with E-state index in [0.717, 1.165) is 30.3 Å². The van der Waals surface area contributed by atoms with Crippen LogP contribution in [0.2, 0.25) is 0 Å². The number of rotatable bonds is 6. The van der Waals surface area contributed by atoms with Crippen LogP contribution in [0.1, 0.15) is 54.7 Å². The summed E-state index contributed by atoms with van der Waals surface area (Å²) >= 11 is 0. The standard InChI is InChI=1S/C23H29F4N5O2/c1-22(2,3)12-30-21(32-20(34)13-4-6-14(7-5-13)23(25,26)27)31-19(29)11-18(28)16-9-8-15(33)10-17(16)24/h4-10,18-19,33H,11-12,28-29H2,1-3H3,(H2,30,31,32,34). The molecule has 0 radical (unpaired) electrons. The molecule has 2 atom stereocenters. The van der Waals surface area contributed by atoms with E-state index in [1.54, 1.807) is 0 Å². The Morgan fingerprint density at radius 1 is 1.09 bits per heavy atom. The second-order valence-corrected chi connectivity index (χ2v) is 9.05. The van der Waals surface area contributed by atoms with Crippen LogP contribution in [0.15, 0.2) is 47.5 Å². The topological polar surface area (TPSA) is 126 Å². The number of carbonyl (C=O) groups is 1. The van der Waals surface area contributed by atoms with Gasteiger partial charge in [-0.15, -0.1) is 0 Å². The highest BCUT2D eigenvalue weighted by molar-refractivity contribution is 6.02. The molecular weight excluding hydrogens is 454 g/mol. The van der Waals surface area contributed by atoms with Crippen LogP contribution in [0.25, 0.3) is 0 Å². The fourth-order valence-electron chi connectivity index (χ4n) is 2.89. The number of phenolic OH excluding ortho intramolecular Hbond substituents is 1. The molecule has 2 rings (SSSR count). The van der Waals surface area contributed by atoms with Gasteiger partial charge >= 0.3 is 6.18 Å². The van der Waals surface area contributed by atoms with Crippen molar-refractivity contribution >= 4 is 11.9 Å². The van der Waals surface area contributed by atoms with Crippen LogP contribution >= 0.6 is 0 Å². The summed E-state index contributed by atoms with van der Waals surface area (Å²) in [7, 11) is 0. The fraction of sp³-hybridized carbons (Fsp3) is 0.391. The van der Waals surface area contributed by atoms with Crippen molar-refractivity contribution in [2.45, 2.75) is 45.6 Å². The molecule has 0 fully saturated rings. The van der Waals surface area contributed by atoms with E-state index < -0.39 is 35.7 Å². The minimum atomic E-state index is -4.52. The molecule has 2 aromatic carbocycles. The van der Waals surface area contributed by atoms with E-state index >= 15 is 0 Å². The molecule has 11 heteroatoms. The Bertz CT molecular complexity index is 1020. The number of nitrogens with two attached hydrogens (primary N) is 2. The summed E-state index contributed by atoms with van der Waals surface area (Å²) in [5.74, 6) is -1.69. The van der Waals surface area contributed by atoms with E-state index in [0.29, 0.717) is 6.54 Å². The van der Waals surface area contributed by atoms with E-state index in [1.165, 1.54) is 12.1 Å². The third-order valence-corrected chi connectivity index (χ3v) is 4.67. The first-order chi connectivity index (χ1) is 15.7. The molecule has 0 saturated carbocycles. The Morgan fingerprint density at radius 2 is 1.71 bits per heavy atom. The number of aliphatic imine (C=N–C) groups is 1. The Balaban J connectivity index is 2.17. The Labute approximate surface area is 195 Å². The van der Waals surface area contributed by atoms with Gasteiger partial charge in [0.2, 0.25) is 5.96 Å². The Hall–Kier alpha value is -3.18. The SMILES string of the molecule is CC(C)(C)CN/C(=N/C(=O)c1ccc(C(F)(F)F)cc1)NC(N)CC(N)c1ccc(O)cc1F. The number of alkyl halides is 3. The van der Waals surface area contributed by atoms with Gasteiger partial charge in [-0.1, -0.05) is 26.8 Å². The number of aromatic hydroxyl groups is 1. The first-order valence-electron chi connectivity index (χ1n) is 10.5. The van der Waals surface area contributed by atoms with Crippen molar-refractivity contribution in [1.82, 2.24) is 10.6 Å². The van der Waals surface area contributed by atoms with Crippen LogP contribution < -0.4 is 22.1 Å². The lowest BCUT2D eigenvalue weighted by atomic mass is 9.97. The predicted octanol–water partition coefficient (Wildman–Crippen LogP) is 3.65. The number of benzene rings is 2. The van der Waals surface area contributed by atoms with Gasteiger partial charge in [0.05, 0.1) is 11.7 Å². The largest absolute Gasteiger partial charge is 0.508 e. The van der Waals surface area contributed by atoms with Crippen LogP contribution in [-0.2, 0) is 6.18 Å². The summed E-state index contributed by atoms with van der Waals surface area (Å²) in [6.07, 6.45) is -5.32. The first kappa shape index (κ1) is 27.1. The number of hydrogen-bond donors (Lipinski definition) is 5. The molecule has 0 bridgehead atoms. The second kappa shape index (κ2) is 10.8. The molecule has 0 aliphatic heterocycles. The molecule has 0 heterocycles. The molecule has 2 unspecified atom stereocenters. The van der Waals surface area contributed by atoms with E-state index in [4.69, 9.17) is 11.5 Å². The molecule has 0 saturated heterocycles. The quantitative estimate of drug-likeness (QED) is 0.185. The van der Waals surface area contributed by atoms with Gasteiger partial charge < -0.3 is 27.2 Å². The highest BCUT2D eigenvalue weighted by atomic mass is 19.4. The normalized spacial score (nSPS) is 14.4. The molecule has 34 heavy (non-hydrogen) atoms. The minimum Gasteiger partial charge on any atom is -0.508 e. The van der Waals surface area contributed by atoms with Crippen LogP contribution in [0.4, 0.5) is 17.6 Å². The van der Waals surface area contributed by atoms with Gasteiger partial charge in [-0.2, -0.15) is 18.2 Å². The van der Waals surface area contributed by atoms with E-state index in [1.807, 2.05) is 20.8 Å². The van der Waals surface area contributed by atoms with Crippen LogP contribution in [0.3, 0.4) is 0 Å². The lowest BCUT2D eigenvalue weighted by molar-refractivity contribution is -0.137. The molecule has 186 valence electrons. The monoisotopic (exact) mass is 483 g/mol. The lowest BCUT2D eigenvalue weighted by Crippen LogP contribution is -2.50. The van der Waals surface area contributed by atoms with Gasteiger partial charge in [-0.05, 0) is 35.7 Å². The Morgan fingerprint density at radius 3 is 2.24 bits per heavy atom. The zero-order valence-corrected chi connectivity index (χ0v) is 19.1. The molecule has 0 aliphatic carbocycles. The van der Waals surface area contributed by atoms with Crippen molar-refractivity contribution in [3.8, 4) is 5.75 Å². The summed E-state index contributed by atoms with van der Waals surface area (Å²) in [5.41, 5.74) is 11.2. The highest BCUT2D eigenvalue weighted by Gasteiger charge is 2.30. The van der Waals surface area contributed by atoms with E-state index in [2.05, 4.69) is 15.6 Å². The number of hydrogen-bond acceptors (Lipinski definition) is 4. The second-order valence-electron chi connectivity index (χ2n) is 9.05. The summed E-state index contributed by atoms with van der Waals surface area (Å²) in [5, 5.41) is 15.1. The number of nitrogens with zero attached hydrogens (tertiary/aromatic N) is 1.